The van der Waals surface area contributed by atoms with E-state index in [1.165, 1.54) is 79.4 Å². The van der Waals surface area contributed by atoms with Gasteiger partial charge in [-0.2, -0.15) is 21.0 Å². The number of unbranched alkanes of at least 4 members (excludes halogenated alkanes) is 6. The molecule has 0 bridgehead atoms. The molecule has 5 aromatic rings. The summed E-state index contributed by atoms with van der Waals surface area (Å²) >= 11 is 5.11. The topological polar surface area (TPSA) is 105 Å². The summed E-state index contributed by atoms with van der Waals surface area (Å²) in [5, 5.41) is 37.3. The van der Waals surface area contributed by atoms with Gasteiger partial charge in [0.2, 0.25) is 0 Å². The van der Waals surface area contributed by atoms with Crippen molar-refractivity contribution < 1.29 is 0 Å². The van der Waals surface area contributed by atoms with Gasteiger partial charge in [0.05, 0.1) is 40.9 Å². The van der Waals surface area contributed by atoms with Gasteiger partial charge in [0.15, 0.2) is 0 Å². The van der Waals surface area contributed by atoms with Crippen molar-refractivity contribution in [1.29, 1.82) is 21.0 Å². The number of allylic oxidation sites excluding steroid dienone is 2. The first kappa shape index (κ1) is 28.7. The summed E-state index contributed by atoms with van der Waals surface area (Å²) in [6.07, 6.45) is 12.7. The van der Waals surface area contributed by atoms with Crippen LogP contribution in [0.1, 0.15) is 75.0 Å². The van der Waals surface area contributed by atoms with E-state index in [4.69, 9.17) is 0 Å². The van der Waals surface area contributed by atoms with Gasteiger partial charge < -0.3 is 9.13 Å². The first-order chi connectivity index (χ1) is 20.1. The zero-order valence-electron chi connectivity index (χ0n) is 23.3. The van der Waals surface area contributed by atoms with E-state index in [1.807, 2.05) is 35.6 Å². The Morgan fingerprint density at radius 2 is 1.02 bits per heavy atom. The molecular weight excluding hydrogens is 565 g/mol. The molecule has 0 N–H and O–H groups in total. The van der Waals surface area contributed by atoms with Crippen molar-refractivity contribution >= 4 is 87.0 Å². The van der Waals surface area contributed by atoms with Crippen LogP contribution in [0.2, 0.25) is 0 Å². The Balaban J connectivity index is 1.76. The third-order valence-corrected chi connectivity index (χ3v) is 11.0. The van der Waals surface area contributed by atoms with Gasteiger partial charge in [-0.25, -0.2) is 0 Å². The highest BCUT2D eigenvalue weighted by Gasteiger charge is 2.25. The Morgan fingerprint density at radius 3 is 1.39 bits per heavy atom. The van der Waals surface area contributed by atoms with E-state index in [0.29, 0.717) is 0 Å². The molecule has 206 valence electrons. The summed E-state index contributed by atoms with van der Waals surface area (Å²) in [6.45, 7) is 6.30. The van der Waals surface area contributed by atoms with Crippen LogP contribution in [0.5, 0.6) is 0 Å². The zero-order valence-corrected chi connectivity index (χ0v) is 25.7. The molecule has 9 heteroatoms. The molecule has 0 atom stereocenters. The molecule has 5 heterocycles. The zero-order chi connectivity index (χ0) is 28.9. The lowest BCUT2D eigenvalue weighted by atomic mass is 10.2. The summed E-state index contributed by atoms with van der Waals surface area (Å²) < 4.78 is 9.87. The molecule has 0 aliphatic carbocycles. The van der Waals surface area contributed by atoms with E-state index >= 15 is 0 Å². The number of hydrogen-bond acceptors (Lipinski definition) is 7. The highest BCUT2D eigenvalue weighted by Crippen LogP contribution is 2.49. The maximum absolute atomic E-state index is 9.32. The van der Waals surface area contributed by atoms with Crippen LogP contribution in [-0.4, -0.2) is 9.13 Å². The Bertz CT molecular complexity index is 1800. The minimum atomic E-state index is 0.115. The number of nitriles is 4. The molecule has 0 saturated heterocycles. The molecule has 0 amide bonds. The smallest absolute Gasteiger partial charge is 0.131 e. The fourth-order valence-electron chi connectivity index (χ4n) is 5.45. The summed E-state index contributed by atoms with van der Waals surface area (Å²) in [5.74, 6) is 0. The molecule has 5 rings (SSSR count). The quantitative estimate of drug-likeness (QED) is 0.106. The third-order valence-electron chi connectivity index (χ3n) is 7.38. The fraction of sp³-hybridized carbons (Fsp3) is 0.375. The number of aryl methyl sites for hydroxylation is 2. The minimum Gasteiger partial charge on any atom is -0.337 e. The number of rotatable bonds is 12. The number of fused-ring (bicyclic) bond motifs is 7. The lowest BCUT2D eigenvalue weighted by molar-refractivity contribution is 0.597. The maximum Gasteiger partial charge on any atom is 0.131 e. The van der Waals surface area contributed by atoms with E-state index in [0.717, 1.165) is 35.7 Å². The molecule has 0 spiro atoms. The Morgan fingerprint density at radius 1 is 0.610 bits per heavy atom. The van der Waals surface area contributed by atoms with E-state index in [1.54, 1.807) is 34.8 Å². The van der Waals surface area contributed by atoms with Crippen LogP contribution in [0.3, 0.4) is 0 Å². The molecule has 0 aliphatic heterocycles. The Labute approximate surface area is 251 Å². The second kappa shape index (κ2) is 12.8. The van der Waals surface area contributed by atoms with Crippen molar-refractivity contribution in [1.82, 2.24) is 9.13 Å². The number of nitrogens with zero attached hydrogens (tertiary/aromatic N) is 6. The highest BCUT2D eigenvalue weighted by molar-refractivity contribution is 7.34. The largest absolute Gasteiger partial charge is 0.337 e. The van der Waals surface area contributed by atoms with Crippen molar-refractivity contribution in [3.05, 3.63) is 33.0 Å². The van der Waals surface area contributed by atoms with Crippen LogP contribution in [-0.2, 0) is 13.1 Å². The van der Waals surface area contributed by atoms with Gasteiger partial charge in [0, 0.05) is 22.8 Å². The summed E-state index contributed by atoms with van der Waals surface area (Å²) in [6, 6.07) is 12.2. The molecule has 0 radical (unpaired) electrons. The standard InChI is InChI=1S/C32H30N6S3/c1-3-5-7-9-11-37-25-15-23(13-21(17-33)18-34)39-29(25)31-27(37)28-32(41-31)30-26(38(28)12-10-8-6-4-2)16-24(40-30)14-22(19-35)20-36/h13-16H,3-12H2,1-2H3. The molecule has 6 nitrogen and oxygen atoms in total. The first-order valence-electron chi connectivity index (χ1n) is 14.1. The predicted molar refractivity (Wildman–Crippen MR) is 173 cm³/mol. The van der Waals surface area contributed by atoms with Crippen LogP contribution in [0.15, 0.2) is 23.3 Å². The maximum atomic E-state index is 9.32. The van der Waals surface area contributed by atoms with Crippen LogP contribution >= 0.6 is 34.0 Å². The van der Waals surface area contributed by atoms with E-state index in [2.05, 4.69) is 35.1 Å². The molecule has 0 aromatic carbocycles. The Hall–Kier alpha value is -3.86. The molecule has 5 aromatic heterocycles. The Kier molecular flexibility index (Phi) is 8.92. The average molecular weight is 595 g/mol. The van der Waals surface area contributed by atoms with Gasteiger partial charge in [-0.15, -0.1) is 34.0 Å². The second-order valence-corrected chi connectivity index (χ2v) is 13.4. The van der Waals surface area contributed by atoms with Gasteiger partial charge in [0.25, 0.3) is 0 Å². The van der Waals surface area contributed by atoms with Gasteiger partial charge in [-0.05, 0) is 37.1 Å². The summed E-state index contributed by atoms with van der Waals surface area (Å²) in [4.78, 5) is 1.85. The van der Waals surface area contributed by atoms with Crippen molar-refractivity contribution in [2.45, 2.75) is 78.3 Å². The molecule has 0 saturated carbocycles. The van der Waals surface area contributed by atoms with Gasteiger partial charge in [-0.1, -0.05) is 52.4 Å². The second-order valence-electron chi connectivity index (χ2n) is 10.2. The number of hydrogen-bond donors (Lipinski definition) is 0. The van der Waals surface area contributed by atoms with E-state index in [-0.39, 0.29) is 11.1 Å². The van der Waals surface area contributed by atoms with Crippen LogP contribution in [0.25, 0.3) is 53.0 Å². The van der Waals surface area contributed by atoms with Crippen molar-refractivity contribution in [3.63, 3.8) is 0 Å². The van der Waals surface area contributed by atoms with Crippen LogP contribution in [0, 0.1) is 45.3 Å². The molecule has 0 unspecified atom stereocenters. The number of aromatic nitrogens is 2. The lowest BCUT2D eigenvalue weighted by Crippen LogP contribution is -2.01. The predicted octanol–water partition coefficient (Wildman–Crippen LogP) is 10.1. The normalized spacial score (nSPS) is 11.1. The summed E-state index contributed by atoms with van der Waals surface area (Å²) in [7, 11) is 0. The molecule has 0 aliphatic rings. The van der Waals surface area contributed by atoms with Crippen molar-refractivity contribution in [3.8, 4) is 24.3 Å². The third kappa shape index (κ3) is 5.42. The fourth-order valence-corrected chi connectivity index (χ4v) is 9.25. The average Bonchev–Trinajstić information content (AvgIpc) is 3.77. The summed E-state index contributed by atoms with van der Waals surface area (Å²) in [5.41, 5.74) is 5.15. The lowest BCUT2D eigenvalue weighted by Gasteiger charge is -2.10. The molecular formula is C32H30N6S3. The van der Waals surface area contributed by atoms with Crippen LogP contribution < -0.4 is 0 Å². The van der Waals surface area contributed by atoms with Crippen molar-refractivity contribution in [2.24, 2.45) is 0 Å². The SMILES string of the molecule is CCCCCCn1c2cc(C=C(C#N)C#N)sc2c2sc3c4sc(C=C(C#N)C#N)cc4n(CCCCCC)c3c21. The van der Waals surface area contributed by atoms with Gasteiger partial charge in [0.1, 0.15) is 35.4 Å². The molecule has 41 heavy (non-hydrogen) atoms. The van der Waals surface area contributed by atoms with Gasteiger partial charge in [-0.3, -0.25) is 0 Å². The number of thiophene rings is 3. The van der Waals surface area contributed by atoms with Crippen LogP contribution in [0.4, 0.5) is 0 Å². The molecule has 0 fully saturated rings. The van der Waals surface area contributed by atoms with Crippen molar-refractivity contribution in [2.75, 3.05) is 0 Å². The van der Waals surface area contributed by atoms with E-state index < -0.39 is 0 Å². The van der Waals surface area contributed by atoms with E-state index in [9.17, 15) is 21.0 Å². The highest BCUT2D eigenvalue weighted by atomic mass is 32.1. The van der Waals surface area contributed by atoms with Gasteiger partial charge >= 0.3 is 0 Å². The monoisotopic (exact) mass is 594 g/mol. The first-order valence-corrected chi connectivity index (χ1v) is 16.6. The minimum absolute atomic E-state index is 0.115.